The third-order valence-electron chi connectivity index (χ3n) is 2.48. The highest BCUT2D eigenvalue weighted by atomic mass is 32.1. The van der Waals surface area contributed by atoms with Crippen LogP contribution in [-0.2, 0) is 6.42 Å². The third-order valence-corrected chi connectivity index (χ3v) is 3.57. The normalized spacial score (nSPS) is 11.5. The number of aromatic nitrogens is 1. The van der Waals surface area contributed by atoms with Gasteiger partial charge in [-0.1, -0.05) is 19.9 Å². The first-order chi connectivity index (χ1) is 7.65. The Kier molecular flexibility index (Phi) is 3.56. The molecule has 2 aromatic rings. The van der Waals surface area contributed by atoms with E-state index in [-0.39, 0.29) is 0 Å². The minimum Gasteiger partial charge on any atom is -0.314 e. The molecule has 0 saturated carbocycles. The lowest BCUT2D eigenvalue weighted by Crippen LogP contribution is -2.24. The molecule has 0 bridgehead atoms. The average molecular weight is 234 g/mol. The Labute approximate surface area is 101 Å². The fourth-order valence-electron chi connectivity index (χ4n) is 1.66. The largest absolute Gasteiger partial charge is 0.314 e. The van der Waals surface area contributed by atoms with E-state index in [4.69, 9.17) is 0 Å². The molecule has 0 aliphatic rings. The molecule has 1 aromatic heterocycles. The average Bonchev–Trinajstić information content (AvgIpc) is 2.58. The highest BCUT2D eigenvalue weighted by Gasteiger charge is 2.03. The summed E-state index contributed by atoms with van der Waals surface area (Å²) in [6, 6.07) is 7.03. The molecule has 0 atom stereocenters. The van der Waals surface area contributed by atoms with Crippen LogP contribution < -0.4 is 5.32 Å². The van der Waals surface area contributed by atoms with Crippen molar-refractivity contribution >= 4 is 21.6 Å². The van der Waals surface area contributed by atoms with Crippen molar-refractivity contribution in [3.63, 3.8) is 0 Å². The van der Waals surface area contributed by atoms with Gasteiger partial charge in [0.15, 0.2) is 0 Å². The zero-order valence-corrected chi connectivity index (χ0v) is 10.9. The molecule has 2 nitrogen and oxygen atoms in total. The van der Waals surface area contributed by atoms with Gasteiger partial charge in [-0.25, -0.2) is 4.98 Å². The molecule has 0 unspecified atom stereocenters. The monoisotopic (exact) mass is 234 g/mol. The molecule has 0 radical (unpaired) electrons. The summed E-state index contributed by atoms with van der Waals surface area (Å²) in [5.41, 5.74) is 2.43. The summed E-state index contributed by atoms with van der Waals surface area (Å²) < 4.78 is 1.30. The summed E-state index contributed by atoms with van der Waals surface area (Å²) in [7, 11) is 0. The summed E-state index contributed by atoms with van der Waals surface area (Å²) in [4.78, 5) is 4.65. The van der Waals surface area contributed by atoms with Crippen LogP contribution in [-0.4, -0.2) is 17.6 Å². The van der Waals surface area contributed by atoms with Crippen molar-refractivity contribution in [1.29, 1.82) is 0 Å². The summed E-state index contributed by atoms with van der Waals surface area (Å²) in [5, 5.41) is 4.65. The van der Waals surface area contributed by atoms with E-state index in [0.717, 1.165) is 18.5 Å². The number of nitrogens with one attached hydrogen (secondary N) is 1. The molecule has 0 fully saturated rings. The second kappa shape index (κ2) is 4.93. The Balaban J connectivity index is 2.08. The molecule has 0 amide bonds. The molecular formula is C13H18N2S. The molecule has 0 spiro atoms. The molecule has 1 heterocycles. The number of nitrogens with zero attached hydrogens (tertiary/aromatic N) is 1. The van der Waals surface area contributed by atoms with Crippen molar-refractivity contribution in [2.45, 2.75) is 33.2 Å². The van der Waals surface area contributed by atoms with E-state index in [9.17, 15) is 0 Å². The van der Waals surface area contributed by atoms with Gasteiger partial charge >= 0.3 is 0 Å². The van der Waals surface area contributed by atoms with E-state index < -0.39 is 0 Å². The van der Waals surface area contributed by atoms with Crippen molar-refractivity contribution < 1.29 is 0 Å². The molecule has 0 aliphatic carbocycles. The molecule has 1 aromatic carbocycles. The third kappa shape index (κ3) is 2.80. The van der Waals surface area contributed by atoms with Gasteiger partial charge < -0.3 is 5.32 Å². The van der Waals surface area contributed by atoms with Crippen LogP contribution in [0.25, 0.3) is 10.2 Å². The first-order valence-electron chi connectivity index (χ1n) is 5.74. The second-order valence-corrected chi connectivity index (χ2v) is 5.55. The molecule has 0 saturated heterocycles. The minimum absolute atomic E-state index is 0.552. The van der Waals surface area contributed by atoms with Crippen LogP contribution in [0.1, 0.15) is 24.4 Å². The highest BCUT2D eigenvalue weighted by Crippen LogP contribution is 2.22. The fourth-order valence-corrected chi connectivity index (χ4v) is 2.61. The van der Waals surface area contributed by atoms with Crippen molar-refractivity contribution in [1.82, 2.24) is 10.3 Å². The first-order valence-corrected chi connectivity index (χ1v) is 6.56. The summed E-state index contributed by atoms with van der Waals surface area (Å²) >= 11 is 1.81. The molecule has 0 aliphatic heterocycles. The molecular weight excluding hydrogens is 216 g/mol. The Morgan fingerprint density at radius 1 is 1.38 bits per heavy atom. The highest BCUT2D eigenvalue weighted by molar-refractivity contribution is 7.18. The van der Waals surface area contributed by atoms with Crippen LogP contribution in [0.5, 0.6) is 0 Å². The van der Waals surface area contributed by atoms with E-state index in [1.165, 1.54) is 15.3 Å². The maximum Gasteiger partial charge on any atom is 0.0951 e. The van der Waals surface area contributed by atoms with Gasteiger partial charge in [0.25, 0.3) is 0 Å². The predicted octanol–water partition coefficient (Wildman–Crippen LogP) is 3.15. The summed E-state index contributed by atoms with van der Waals surface area (Å²) in [6.07, 6.45) is 1.02. The van der Waals surface area contributed by atoms with Gasteiger partial charge in [-0.15, -0.1) is 11.3 Å². The fraction of sp³-hybridized carbons (Fsp3) is 0.462. The zero-order chi connectivity index (χ0) is 11.5. The standard InChI is InChI=1S/C13H18N2S/c1-9(2)14-7-6-13-15-11-8-10(3)4-5-12(11)16-13/h4-5,8-9,14H,6-7H2,1-3H3. The summed E-state index contributed by atoms with van der Waals surface area (Å²) in [5.74, 6) is 0. The molecule has 2 rings (SSSR count). The van der Waals surface area contributed by atoms with E-state index in [0.29, 0.717) is 6.04 Å². The van der Waals surface area contributed by atoms with Gasteiger partial charge in [0.1, 0.15) is 0 Å². The van der Waals surface area contributed by atoms with Crippen LogP contribution in [0.15, 0.2) is 18.2 Å². The van der Waals surface area contributed by atoms with Gasteiger partial charge in [-0.3, -0.25) is 0 Å². The van der Waals surface area contributed by atoms with E-state index >= 15 is 0 Å². The lowest BCUT2D eigenvalue weighted by Gasteiger charge is -2.05. The van der Waals surface area contributed by atoms with Crippen LogP contribution >= 0.6 is 11.3 Å². The predicted molar refractivity (Wildman–Crippen MR) is 71.2 cm³/mol. The molecule has 16 heavy (non-hydrogen) atoms. The lowest BCUT2D eigenvalue weighted by molar-refractivity contribution is 0.590. The van der Waals surface area contributed by atoms with Crippen molar-refractivity contribution in [2.24, 2.45) is 0 Å². The molecule has 86 valence electrons. The van der Waals surface area contributed by atoms with E-state index in [1.54, 1.807) is 11.3 Å². The number of aryl methyl sites for hydroxylation is 1. The van der Waals surface area contributed by atoms with Crippen LogP contribution in [0, 0.1) is 6.92 Å². The number of hydrogen-bond acceptors (Lipinski definition) is 3. The SMILES string of the molecule is Cc1ccc2sc(CCNC(C)C)nc2c1. The van der Waals surface area contributed by atoms with Gasteiger partial charge in [-0.2, -0.15) is 0 Å². The number of benzene rings is 1. The van der Waals surface area contributed by atoms with E-state index in [2.05, 4.69) is 49.3 Å². The smallest absolute Gasteiger partial charge is 0.0951 e. The van der Waals surface area contributed by atoms with Crippen molar-refractivity contribution in [3.05, 3.63) is 28.8 Å². The minimum atomic E-state index is 0.552. The van der Waals surface area contributed by atoms with Crippen LogP contribution in [0.3, 0.4) is 0 Å². The van der Waals surface area contributed by atoms with Gasteiger partial charge in [-0.05, 0) is 24.6 Å². The Morgan fingerprint density at radius 3 is 2.94 bits per heavy atom. The van der Waals surface area contributed by atoms with Crippen molar-refractivity contribution in [2.75, 3.05) is 6.54 Å². The van der Waals surface area contributed by atoms with Crippen LogP contribution in [0.2, 0.25) is 0 Å². The number of thiazole rings is 1. The van der Waals surface area contributed by atoms with Crippen molar-refractivity contribution in [3.8, 4) is 0 Å². The number of rotatable bonds is 4. The molecule has 1 N–H and O–H groups in total. The number of fused-ring (bicyclic) bond motifs is 1. The van der Waals surface area contributed by atoms with Crippen LogP contribution in [0.4, 0.5) is 0 Å². The number of hydrogen-bond donors (Lipinski definition) is 1. The lowest BCUT2D eigenvalue weighted by atomic mass is 10.2. The van der Waals surface area contributed by atoms with Gasteiger partial charge in [0, 0.05) is 19.0 Å². The Bertz CT molecular complexity index is 474. The van der Waals surface area contributed by atoms with Gasteiger partial charge in [0.05, 0.1) is 15.2 Å². The topological polar surface area (TPSA) is 24.9 Å². The maximum atomic E-state index is 4.65. The summed E-state index contributed by atoms with van der Waals surface area (Å²) in [6.45, 7) is 7.46. The van der Waals surface area contributed by atoms with E-state index in [1.807, 2.05) is 0 Å². The Hall–Kier alpha value is -0.930. The second-order valence-electron chi connectivity index (χ2n) is 4.44. The van der Waals surface area contributed by atoms with Gasteiger partial charge in [0.2, 0.25) is 0 Å². The first kappa shape index (κ1) is 11.6. The molecule has 3 heteroatoms. The Morgan fingerprint density at radius 2 is 2.19 bits per heavy atom. The maximum absolute atomic E-state index is 4.65. The zero-order valence-electron chi connectivity index (χ0n) is 10.1. The quantitative estimate of drug-likeness (QED) is 0.879.